The zero-order valence-corrected chi connectivity index (χ0v) is 7.84. The first kappa shape index (κ1) is 9.32. The average Bonchev–Trinajstić information content (AvgIpc) is 2.76. The normalized spacial score (nSPS) is 16.6. The summed E-state index contributed by atoms with van der Waals surface area (Å²) in [6.07, 6.45) is 4.08. The number of aliphatic hydroxyl groups excluding tert-OH is 1. The molecule has 0 fully saturated rings. The van der Waals surface area contributed by atoms with Gasteiger partial charge >= 0.3 is 6.01 Å². The highest BCUT2D eigenvalue weighted by Crippen LogP contribution is 2.22. The fourth-order valence-corrected chi connectivity index (χ4v) is 1.10. The van der Waals surface area contributed by atoms with Crippen LogP contribution in [-0.2, 0) is 4.79 Å². The van der Waals surface area contributed by atoms with E-state index in [4.69, 9.17) is 4.42 Å². The molecular weight excluding hydrogens is 198 g/mol. The van der Waals surface area contributed by atoms with E-state index in [0.29, 0.717) is 5.57 Å². The largest absolute Gasteiger partial charge is 0.505 e. The van der Waals surface area contributed by atoms with E-state index in [2.05, 4.69) is 15.2 Å². The number of aromatic nitrogens is 1. The van der Waals surface area contributed by atoms with Crippen LogP contribution in [0.5, 0.6) is 0 Å². The summed E-state index contributed by atoms with van der Waals surface area (Å²) in [6, 6.07) is 0.0349. The maximum atomic E-state index is 11.4. The Bertz CT molecular complexity index is 483. The summed E-state index contributed by atoms with van der Waals surface area (Å²) < 4.78 is 4.79. The van der Waals surface area contributed by atoms with Gasteiger partial charge in [0.1, 0.15) is 12.0 Å². The van der Waals surface area contributed by atoms with Gasteiger partial charge in [0.15, 0.2) is 5.70 Å². The number of oxazole rings is 1. The number of azo groups is 1. The molecule has 0 aromatic carbocycles. The summed E-state index contributed by atoms with van der Waals surface area (Å²) in [5, 5.41) is 16.5. The molecule has 1 aliphatic carbocycles. The van der Waals surface area contributed by atoms with E-state index >= 15 is 0 Å². The van der Waals surface area contributed by atoms with E-state index in [0.717, 1.165) is 0 Å². The first-order valence-corrected chi connectivity index (χ1v) is 4.16. The second kappa shape index (κ2) is 3.49. The SMILES string of the molecule is CC1=CC(O)=C(N=Nc2ncco2)C1=O. The predicted molar refractivity (Wildman–Crippen MR) is 49.4 cm³/mol. The Balaban J connectivity index is 2.22. The standard InChI is InChI=1S/C9H7N3O3/c1-5-4-6(13)7(8(5)14)11-12-9-10-2-3-15-9/h2-4,13H,1H3. The van der Waals surface area contributed by atoms with E-state index < -0.39 is 0 Å². The lowest BCUT2D eigenvalue weighted by Gasteiger charge is -1.91. The highest BCUT2D eigenvalue weighted by molar-refractivity contribution is 6.11. The molecule has 0 unspecified atom stereocenters. The number of ketones is 1. The Morgan fingerprint density at radius 2 is 2.27 bits per heavy atom. The molecule has 6 nitrogen and oxygen atoms in total. The van der Waals surface area contributed by atoms with Crippen LogP contribution in [0.4, 0.5) is 6.01 Å². The molecule has 0 amide bonds. The minimum Gasteiger partial charge on any atom is -0.505 e. The number of carbonyl (C=O) groups excluding carboxylic acids is 1. The summed E-state index contributed by atoms with van der Waals surface area (Å²) in [5.74, 6) is -0.532. The Morgan fingerprint density at radius 1 is 1.47 bits per heavy atom. The van der Waals surface area contributed by atoms with Crippen molar-refractivity contribution in [1.29, 1.82) is 0 Å². The van der Waals surface area contributed by atoms with Gasteiger partial charge in [-0.05, 0) is 13.0 Å². The first-order valence-electron chi connectivity index (χ1n) is 4.16. The molecule has 0 aliphatic heterocycles. The second-order valence-electron chi connectivity index (χ2n) is 2.91. The van der Waals surface area contributed by atoms with Gasteiger partial charge in [-0.25, -0.2) is 0 Å². The summed E-state index contributed by atoms with van der Waals surface area (Å²) in [7, 11) is 0. The number of hydrogen-bond acceptors (Lipinski definition) is 6. The van der Waals surface area contributed by atoms with Crippen molar-refractivity contribution < 1.29 is 14.3 Å². The summed E-state index contributed by atoms with van der Waals surface area (Å²) >= 11 is 0. The van der Waals surface area contributed by atoms with Gasteiger partial charge in [0.2, 0.25) is 5.78 Å². The lowest BCUT2D eigenvalue weighted by atomic mass is 10.2. The van der Waals surface area contributed by atoms with Crippen LogP contribution in [0.1, 0.15) is 6.92 Å². The maximum absolute atomic E-state index is 11.4. The van der Waals surface area contributed by atoms with Crippen molar-refractivity contribution in [1.82, 2.24) is 4.98 Å². The molecule has 1 N–H and O–H groups in total. The van der Waals surface area contributed by atoms with Crippen molar-refractivity contribution in [2.24, 2.45) is 10.2 Å². The van der Waals surface area contributed by atoms with Gasteiger partial charge in [-0.15, -0.1) is 5.11 Å². The molecule has 0 radical (unpaired) electrons. The Hall–Kier alpha value is -2.24. The zero-order chi connectivity index (χ0) is 10.8. The van der Waals surface area contributed by atoms with Crippen LogP contribution < -0.4 is 0 Å². The van der Waals surface area contributed by atoms with Crippen LogP contribution in [0, 0.1) is 0 Å². The summed E-state index contributed by atoms with van der Waals surface area (Å²) in [5.41, 5.74) is 0.333. The van der Waals surface area contributed by atoms with Gasteiger partial charge in [-0.2, -0.15) is 4.98 Å². The van der Waals surface area contributed by atoms with Gasteiger partial charge in [-0.3, -0.25) is 4.79 Å². The Labute approximate surface area is 84.7 Å². The second-order valence-corrected chi connectivity index (χ2v) is 2.91. The van der Waals surface area contributed by atoms with Crippen molar-refractivity contribution in [3.8, 4) is 0 Å². The van der Waals surface area contributed by atoms with Crippen LogP contribution in [-0.4, -0.2) is 15.9 Å². The van der Waals surface area contributed by atoms with Gasteiger partial charge < -0.3 is 9.52 Å². The molecule has 1 aliphatic rings. The molecular formula is C9H7N3O3. The minimum absolute atomic E-state index is 0.0349. The van der Waals surface area contributed by atoms with Gasteiger partial charge in [-0.1, -0.05) is 5.11 Å². The van der Waals surface area contributed by atoms with Crippen molar-refractivity contribution >= 4 is 11.8 Å². The van der Waals surface area contributed by atoms with Crippen LogP contribution in [0.3, 0.4) is 0 Å². The maximum Gasteiger partial charge on any atom is 0.340 e. The molecule has 1 aromatic heterocycles. The third-order valence-corrected chi connectivity index (χ3v) is 1.82. The molecule has 0 atom stereocenters. The Kier molecular flexibility index (Phi) is 2.17. The summed E-state index contributed by atoms with van der Waals surface area (Å²) in [6.45, 7) is 1.59. The van der Waals surface area contributed by atoms with Crippen LogP contribution in [0.25, 0.3) is 0 Å². The van der Waals surface area contributed by atoms with E-state index in [9.17, 15) is 9.90 Å². The number of allylic oxidation sites excluding steroid dienone is 2. The van der Waals surface area contributed by atoms with Gasteiger partial charge in [0, 0.05) is 5.57 Å². The quantitative estimate of drug-likeness (QED) is 0.748. The number of hydrogen-bond donors (Lipinski definition) is 1. The van der Waals surface area contributed by atoms with Crippen molar-refractivity contribution in [3.63, 3.8) is 0 Å². The van der Waals surface area contributed by atoms with E-state index in [1.807, 2.05) is 0 Å². The molecule has 6 heteroatoms. The van der Waals surface area contributed by atoms with Crippen LogP contribution in [0.2, 0.25) is 0 Å². The van der Waals surface area contributed by atoms with Crippen molar-refractivity contribution in [2.75, 3.05) is 0 Å². The lowest BCUT2D eigenvalue weighted by molar-refractivity contribution is -0.112. The fraction of sp³-hybridized carbons (Fsp3) is 0.111. The zero-order valence-electron chi connectivity index (χ0n) is 7.84. The Morgan fingerprint density at radius 3 is 2.80 bits per heavy atom. The smallest absolute Gasteiger partial charge is 0.340 e. The molecule has 0 saturated heterocycles. The molecule has 2 rings (SSSR count). The molecule has 0 spiro atoms. The third-order valence-electron chi connectivity index (χ3n) is 1.82. The molecule has 1 heterocycles. The highest BCUT2D eigenvalue weighted by atomic mass is 16.4. The lowest BCUT2D eigenvalue weighted by Crippen LogP contribution is -1.97. The predicted octanol–water partition coefficient (Wildman–Crippen LogP) is 2.06. The molecule has 76 valence electrons. The number of carbonyl (C=O) groups is 1. The summed E-state index contributed by atoms with van der Waals surface area (Å²) in [4.78, 5) is 15.1. The van der Waals surface area contributed by atoms with Crippen molar-refractivity contribution in [2.45, 2.75) is 6.92 Å². The molecule has 1 aromatic rings. The van der Waals surface area contributed by atoms with E-state index in [1.54, 1.807) is 6.92 Å². The number of rotatable bonds is 2. The van der Waals surface area contributed by atoms with Gasteiger partial charge in [0.25, 0.3) is 0 Å². The third kappa shape index (κ3) is 1.69. The number of Topliss-reactive ketones (excluding diaryl/α,β-unsaturated/α-hetero) is 1. The van der Waals surface area contributed by atoms with Gasteiger partial charge in [0.05, 0.1) is 6.20 Å². The highest BCUT2D eigenvalue weighted by Gasteiger charge is 2.22. The van der Waals surface area contributed by atoms with Crippen LogP contribution >= 0.6 is 0 Å². The fourth-order valence-electron chi connectivity index (χ4n) is 1.10. The molecule has 0 saturated carbocycles. The van der Waals surface area contributed by atoms with E-state index in [-0.39, 0.29) is 23.3 Å². The molecule has 0 bridgehead atoms. The minimum atomic E-state index is -0.345. The first-order chi connectivity index (χ1) is 7.18. The average molecular weight is 205 g/mol. The molecule has 15 heavy (non-hydrogen) atoms. The van der Waals surface area contributed by atoms with E-state index in [1.165, 1.54) is 18.5 Å². The topological polar surface area (TPSA) is 88.1 Å². The number of aliphatic hydroxyl groups is 1. The monoisotopic (exact) mass is 205 g/mol. The van der Waals surface area contributed by atoms with Crippen LogP contribution in [0.15, 0.2) is 50.2 Å². The number of nitrogens with zero attached hydrogens (tertiary/aromatic N) is 3. The van der Waals surface area contributed by atoms with Crippen molar-refractivity contribution in [3.05, 3.63) is 35.6 Å².